The van der Waals surface area contributed by atoms with Crippen LogP contribution in [0.3, 0.4) is 0 Å². The largest absolute Gasteiger partial charge is 0.465 e. The summed E-state index contributed by atoms with van der Waals surface area (Å²) in [7, 11) is 1.27. The molecule has 0 aliphatic carbocycles. The minimum Gasteiger partial charge on any atom is -0.465 e. The molecule has 0 bridgehead atoms. The third kappa shape index (κ3) is 2.34. The molecule has 1 heterocycles. The molecule has 0 unspecified atom stereocenters. The Kier molecular flexibility index (Phi) is 3.31. The molecule has 0 saturated carbocycles. The average molecular weight is 254 g/mol. The van der Waals surface area contributed by atoms with Crippen molar-refractivity contribution >= 4 is 5.97 Å². The monoisotopic (exact) mass is 254 g/mol. The summed E-state index contributed by atoms with van der Waals surface area (Å²) in [5.41, 5.74) is 0.817. The van der Waals surface area contributed by atoms with Crippen LogP contribution in [0.1, 0.15) is 22.7 Å². The van der Waals surface area contributed by atoms with Crippen molar-refractivity contribution in [1.29, 1.82) is 0 Å². The molecular formula is C11H8F2N2O3. The van der Waals surface area contributed by atoms with Crippen LogP contribution in [0.2, 0.25) is 0 Å². The maximum atomic E-state index is 12.3. The van der Waals surface area contributed by atoms with Gasteiger partial charge in [0, 0.05) is 5.56 Å². The number of esters is 1. The number of hydrogen-bond acceptors (Lipinski definition) is 5. The fourth-order valence-corrected chi connectivity index (χ4v) is 1.31. The van der Waals surface area contributed by atoms with Gasteiger partial charge >= 0.3 is 12.4 Å². The molecule has 0 spiro atoms. The Bertz CT molecular complexity index is 552. The average Bonchev–Trinajstić information content (AvgIpc) is 2.88. The van der Waals surface area contributed by atoms with E-state index in [4.69, 9.17) is 0 Å². The molecule has 0 atom stereocenters. The molecule has 1 aromatic heterocycles. The van der Waals surface area contributed by atoms with Crippen molar-refractivity contribution in [3.8, 4) is 11.4 Å². The van der Waals surface area contributed by atoms with E-state index in [0.29, 0.717) is 11.1 Å². The Balaban J connectivity index is 2.25. The van der Waals surface area contributed by atoms with Crippen molar-refractivity contribution in [1.82, 2.24) is 10.1 Å². The molecule has 0 aliphatic heterocycles. The summed E-state index contributed by atoms with van der Waals surface area (Å²) >= 11 is 0. The lowest BCUT2D eigenvalue weighted by atomic mass is 10.1. The molecule has 2 rings (SSSR count). The number of alkyl halides is 2. The molecule has 1 aromatic carbocycles. The number of aromatic nitrogens is 2. The lowest BCUT2D eigenvalue weighted by molar-refractivity contribution is 0.0600. The molecule has 2 aromatic rings. The highest BCUT2D eigenvalue weighted by molar-refractivity contribution is 5.89. The first-order valence-corrected chi connectivity index (χ1v) is 4.92. The number of nitrogens with zero attached hydrogens (tertiary/aromatic N) is 2. The number of carbonyl (C=O) groups excluding carboxylic acids is 1. The summed E-state index contributed by atoms with van der Waals surface area (Å²) in [6.07, 6.45) is -2.81. The zero-order chi connectivity index (χ0) is 13.1. The Morgan fingerprint density at radius 2 is 2.00 bits per heavy atom. The lowest BCUT2D eigenvalue weighted by Gasteiger charge is -1.99. The summed E-state index contributed by atoms with van der Waals surface area (Å²) < 4.78 is 33.4. The highest BCUT2D eigenvalue weighted by Crippen LogP contribution is 2.21. The van der Waals surface area contributed by atoms with E-state index in [1.54, 1.807) is 0 Å². The highest BCUT2D eigenvalue weighted by atomic mass is 19.3. The number of halogens is 2. The molecule has 5 nitrogen and oxygen atoms in total. The quantitative estimate of drug-likeness (QED) is 0.787. The van der Waals surface area contributed by atoms with Gasteiger partial charge in [0.05, 0.1) is 12.7 Å². The van der Waals surface area contributed by atoms with E-state index in [9.17, 15) is 13.6 Å². The van der Waals surface area contributed by atoms with E-state index in [-0.39, 0.29) is 5.82 Å². The summed E-state index contributed by atoms with van der Waals surface area (Å²) in [4.78, 5) is 14.7. The molecule has 0 aliphatic rings. The third-order valence-electron chi connectivity index (χ3n) is 2.19. The third-order valence-corrected chi connectivity index (χ3v) is 2.19. The number of methoxy groups -OCH3 is 1. The fourth-order valence-electron chi connectivity index (χ4n) is 1.31. The maximum absolute atomic E-state index is 12.3. The van der Waals surface area contributed by atoms with Gasteiger partial charge in [0.15, 0.2) is 0 Å². The number of rotatable bonds is 3. The predicted octanol–water partition coefficient (Wildman–Crippen LogP) is 2.46. The smallest absolute Gasteiger partial charge is 0.337 e. The highest BCUT2D eigenvalue weighted by Gasteiger charge is 2.17. The minimum absolute atomic E-state index is 0.0433. The molecule has 94 valence electrons. The second-order valence-corrected chi connectivity index (χ2v) is 3.33. The van der Waals surface area contributed by atoms with E-state index in [2.05, 4.69) is 19.4 Å². The van der Waals surface area contributed by atoms with Crippen molar-refractivity contribution in [2.24, 2.45) is 0 Å². The first-order chi connectivity index (χ1) is 8.61. The van der Waals surface area contributed by atoms with Crippen LogP contribution < -0.4 is 0 Å². The number of ether oxygens (including phenoxy) is 1. The van der Waals surface area contributed by atoms with Crippen LogP contribution >= 0.6 is 0 Å². The first kappa shape index (κ1) is 12.2. The van der Waals surface area contributed by atoms with Gasteiger partial charge < -0.3 is 9.26 Å². The van der Waals surface area contributed by atoms with Gasteiger partial charge in [-0.15, -0.1) is 0 Å². The van der Waals surface area contributed by atoms with Gasteiger partial charge in [0.1, 0.15) is 0 Å². The van der Waals surface area contributed by atoms with Crippen LogP contribution in [0.5, 0.6) is 0 Å². The van der Waals surface area contributed by atoms with Gasteiger partial charge in [-0.05, 0) is 12.1 Å². The van der Waals surface area contributed by atoms with Crippen LogP contribution in [0, 0.1) is 0 Å². The number of benzene rings is 1. The molecule has 0 amide bonds. The second kappa shape index (κ2) is 4.91. The summed E-state index contributed by atoms with van der Waals surface area (Å²) in [6, 6.07) is 6.01. The normalized spacial score (nSPS) is 10.7. The van der Waals surface area contributed by atoms with Gasteiger partial charge in [0.25, 0.3) is 5.89 Å². The van der Waals surface area contributed by atoms with Crippen LogP contribution in [-0.4, -0.2) is 23.2 Å². The Labute approximate surface area is 100 Å². The summed E-state index contributed by atoms with van der Waals surface area (Å²) in [6.45, 7) is 0. The van der Waals surface area contributed by atoms with Crippen LogP contribution in [0.25, 0.3) is 11.4 Å². The molecule has 0 N–H and O–H groups in total. The molecule has 18 heavy (non-hydrogen) atoms. The predicted molar refractivity (Wildman–Crippen MR) is 56.0 cm³/mol. The second-order valence-electron chi connectivity index (χ2n) is 3.33. The van der Waals surface area contributed by atoms with Crippen LogP contribution in [0.4, 0.5) is 8.78 Å². The summed E-state index contributed by atoms with van der Waals surface area (Å²) in [5, 5.41) is 3.42. The van der Waals surface area contributed by atoms with Crippen molar-refractivity contribution in [2.45, 2.75) is 6.43 Å². The zero-order valence-electron chi connectivity index (χ0n) is 9.26. The van der Waals surface area contributed by atoms with E-state index in [1.165, 1.54) is 31.4 Å². The van der Waals surface area contributed by atoms with Crippen molar-refractivity contribution < 1.29 is 22.8 Å². The SMILES string of the molecule is COC(=O)c1ccc(-c2noc(C(F)F)n2)cc1. The van der Waals surface area contributed by atoms with E-state index in [0.717, 1.165) is 0 Å². The Morgan fingerprint density at radius 3 is 2.50 bits per heavy atom. The standard InChI is InChI=1S/C11H8F2N2O3/c1-17-11(16)7-4-2-6(3-5-7)9-14-10(8(12)13)18-15-9/h2-5,8H,1H3. The fraction of sp³-hybridized carbons (Fsp3) is 0.182. The number of hydrogen-bond donors (Lipinski definition) is 0. The van der Waals surface area contributed by atoms with E-state index < -0.39 is 18.3 Å². The molecule has 7 heteroatoms. The van der Waals surface area contributed by atoms with Gasteiger partial charge in [-0.2, -0.15) is 13.8 Å². The van der Waals surface area contributed by atoms with Crippen LogP contribution in [-0.2, 0) is 4.74 Å². The van der Waals surface area contributed by atoms with Gasteiger partial charge in [-0.3, -0.25) is 0 Å². The van der Waals surface area contributed by atoms with Crippen molar-refractivity contribution in [3.63, 3.8) is 0 Å². The summed E-state index contributed by atoms with van der Waals surface area (Å²) in [5.74, 6) is -1.17. The van der Waals surface area contributed by atoms with Crippen molar-refractivity contribution in [2.75, 3.05) is 7.11 Å². The first-order valence-electron chi connectivity index (χ1n) is 4.92. The topological polar surface area (TPSA) is 65.2 Å². The van der Waals surface area contributed by atoms with Crippen molar-refractivity contribution in [3.05, 3.63) is 35.7 Å². The van der Waals surface area contributed by atoms with Gasteiger partial charge in [-0.25, -0.2) is 4.79 Å². The Morgan fingerprint density at radius 1 is 1.33 bits per heavy atom. The minimum atomic E-state index is -2.81. The van der Waals surface area contributed by atoms with E-state index >= 15 is 0 Å². The lowest BCUT2D eigenvalue weighted by Crippen LogP contribution is -2.00. The van der Waals surface area contributed by atoms with Crippen LogP contribution in [0.15, 0.2) is 28.8 Å². The number of carbonyl (C=O) groups is 1. The zero-order valence-corrected chi connectivity index (χ0v) is 9.26. The molecular weight excluding hydrogens is 246 g/mol. The van der Waals surface area contributed by atoms with Gasteiger partial charge in [0.2, 0.25) is 5.82 Å². The molecule has 0 radical (unpaired) electrons. The Hall–Kier alpha value is -2.31. The molecule has 0 fully saturated rings. The van der Waals surface area contributed by atoms with E-state index in [1.807, 2.05) is 0 Å². The molecule has 0 saturated heterocycles. The van der Waals surface area contributed by atoms with Gasteiger partial charge in [-0.1, -0.05) is 17.3 Å². The maximum Gasteiger partial charge on any atom is 0.337 e.